The molecule has 0 radical (unpaired) electrons. The molecular weight excluding hydrogens is 294 g/mol. The molecule has 8 heteroatoms. The normalized spacial score (nSPS) is 10.4. The van der Waals surface area contributed by atoms with Crippen molar-refractivity contribution in [3.8, 4) is 11.8 Å². The van der Waals surface area contributed by atoms with Crippen LogP contribution in [0.5, 0.6) is 11.8 Å². The molecule has 0 aliphatic rings. The summed E-state index contributed by atoms with van der Waals surface area (Å²) in [6, 6.07) is 4.27. The highest BCUT2D eigenvalue weighted by Gasteiger charge is 2.12. The van der Waals surface area contributed by atoms with Crippen molar-refractivity contribution in [1.29, 1.82) is 0 Å². The van der Waals surface area contributed by atoms with E-state index >= 15 is 0 Å². The summed E-state index contributed by atoms with van der Waals surface area (Å²) in [5.41, 5.74) is 0. The lowest BCUT2D eigenvalue weighted by molar-refractivity contribution is 0.409. The van der Waals surface area contributed by atoms with Crippen molar-refractivity contribution in [2.45, 2.75) is 0 Å². The molecule has 0 saturated heterocycles. The summed E-state index contributed by atoms with van der Waals surface area (Å²) in [4.78, 5) is 13.3. The standard InChI is InChI=1S/C11H9Cl2FN4O/c1-18(2)10-15-9(13)16-11(17-10)19-7-5-3-4-6(12)8(7)14/h3-5H,1-2H3. The van der Waals surface area contributed by atoms with Crippen LogP contribution in [-0.2, 0) is 0 Å². The van der Waals surface area contributed by atoms with Gasteiger partial charge in [0.05, 0.1) is 5.02 Å². The molecule has 1 heterocycles. The van der Waals surface area contributed by atoms with Crippen LogP contribution in [0.15, 0.2) is 18.2 Å². The van der Waals surface area contributed by atoms with Gasteiger partial charge in [0, 0.05) is 14.1 Å². The first-order chi connectivity index (χ1) is 8.97. The van der Waals surface area contributed by atoms with Gasteiger partial charge in [-0.3, -0.25) is 0 Å². The fourth-order valence-electron chi connectivity index (χ4n) is 1.23. The third kappa shape index (κ3) is 3.21. The zero-order valence-electron chi connectivity index (χ0n) is 10.1. The molecule has 0 saturated carbocycles. The third-order valence-electron chi connectivity index (χ3n) is 2.09. The molecule has 0 amide bonds. The van der Waals surface area contributed by atoms with Gasteiger partial charge < -0.3 is 9.64 Å². The second kappa shape index (κ2) is 5.54. The Labute approximate surface area is 119 Å². The van der Waals surface area contributed by atoms with Crippen molar-refractivity contribution in [2.24, 2.45) is 0 Å². The number of rotatable bonds is 3. The molecule has 5 nitrogen and oxygen atoms in total. The third-order valence-corrected chi connectivity index (χ3v) is 2.55. The van der Waals surface area contributed by atoms with E-state index < -0.39 is 5.82 Å². The Balaban J connectivity index is 2.35. The molecule has 0 atom stereocenters. The zero-order chi connectivity index (χ0) is 14.0. The number of aromatic nitrogens is 3. The van der Waals surface area contributed by atoms with Gasteiger partial charge in [0.25, 0.3) is 0 Å². The minimum Gasteiger partial charge on any atom is -0.421 e. The van der Waals surface area contributed by atoms with Crippen molar-refractivity contribution in [2.75, 3.05) is 19.0 Å². The predicted octanol–water partition coefficient (Wildman–Crippen LogP) is 3.18. The van der Waals surface area contributed by atoms with Gasteiger partial charge in [-0.15, -0.1) is 0 Å². The maximum absolute atomic E-state index is 13.7. The maximum Gasteiger partial charge on any atom is 0.328 e. The minimum absolute atomic E-state index is 0.0452. The van der Waals surface area contributed by atoms with Gasteiger partial charge >= 0.3 is 6.01 Å². The topological polar surface area (TPSA) is 51.1 Å². The SMILES string of the molecule is CN(C)c1nc(Cl)nc(Oc2cccc(Cl)c2F)n1. The van der Waals surface area contributed by atoms with Gasteiger partial charge in [0.15, 0.2) is 11.6 Å². The molecule has 0 aliphatic heterocycles. The first-order valence-corrected chi connectivity index (χ1v) is 5.93. The largest absolute Gasteiger partial charge is 0.421 e. The lowest BCUT2D eigenvalue weighted by Gasteiger charge is -2.11. The Morgan fingerprint density at radius 2 is 1.89 bits per heavy atom. The Hall–Kier alpha value is -1.66. The highest BCUT2D eigenvalue weighted by molar-refractivity contribution is 6.30. The smallest absolute Gasteiger partial charge is 0.328 e. The second-order valence-corrected chi connectivity index (χ2v) is 4.48. The predicted molar refractivity (Wildman–Crippen MR) is 70.6 cm³/mol. The zero-order valence-corrected chi connectivity index (χ0v) is 11.6. The molecule has 2 aromatic rings. The quantitative estimate of drug-likeness (QED) is 0.871. The van der Waals surface area contributed by atoms with Crippen LogP contribution < -0.4 is 9.64 Å². The maximum atomic E-state index is 13.7. The van der Waals surface area contributed by atoms with Gasteiger partial charge in [0.2, 0.25) is 11.2 Å². The van der Waals surface area contributed by atoms with E-state index in [0.717, 1.165) is 0 Å². The number of anilines is 1. The van der Waals surface area contributed by atoms with Crippen LogP contribution in [0.25, 0.3) is 0 Å². The lowest BCUT2D eigenvalue weighted by Crippen LogP contribution is -2.13. The molecule has 1 aromatic heterocycles. The van der Waals surface area contributed by atoms with Crippen LogP contribution in [-0.4, -0.2) is 29.0 Å². The fraction of sp³-hybridized carbons (Fsp3) is 0.182. The average Bonchev–Trinajstić information content (AvgIpc) is 2.34. The summed E-state index contributed by atoms with van der Waals surface area (Å²) >= 11 is 11.4. The van der Waals surface area contributed by atoms with Gasteiger partial charge in [0.1, 0.15) is 0 Å². The second-order valence-electron chi connectivity index (χ2n) is 3.74. The van der Waals surface area contributed by atoms with Crippen LogP contribution in [0.4, 0.5) is 10.3 Å². The molecular formula is C11H9Cl2FN4O. The van der Waals surface area contributed by atoms with Crippen molar-refractivity contribution < 1.29 is 9.13 Å². The van der Waals surface area contributed by atoms with E-state index in [4.69, 9.17) is 27.9 Å². The van der Waals surface area contributed by atoms with E-state index in [1.807, 2.05) is 0 Å². The van der Waals surface area contributed by atoms with E-state index in [0.29, 0.717) is 5.95 Å². The summed E-state index contributed by atoms with van der Waals surface area (Å²) < 4.78 is 18.9. The highest BCUT2D eigenvalue weighted by atomic mass is 35.5. The summed E-state index contributed by atoms with van der Waals surface area (Å²) in [7, 11) is 3.46. The van der Waals surface area contributed by atoms with E-state index in [9.17, 15) is 4.39 Å². The van der Waals surface area contributed by atoms with Crippen LogP contribution in [0.1, 0.15) is 0 Å². The summed E-state index contributed by atoms with van der Waals surface area (Å²) in [6.45, 7) is 0. The van der Waals surface area contributed by atoms with Gasteiger partial charge in [-0.25, -0.2) is 4.39 Å². The number of hydrogen-bond acceptors (Lipinski definition) is 5. The molecule has 2 rings (SSSR count). The van der Waals surface area contributed by atoms with Crippen LogP contribution in [0, 0.1) is 5.82 Å². The molecule has 0 fully saturated rings. The Morgan fingerprint density at radius 1 is 1.16 bits per heavy atom. The number of hydrogen-bond donors (Lipinski definition) is 0. The van der Waals surface area contributed by atoms with E-state index in [1.54, 1.807) is 25.1 Å². The van der Waals surface area contributed by atoms with Crippen LogP contribution in [0.3, 0.4) is 0 Å². The highest BCUT2D eigenvalue weighted by Crippen LogP contribution is 2.27. The van der Waals surface area contributed by atoms with E-state index in [2.05, 4.69) is 15.0 Å². The monoisotopic (exact) mass is 302 g/mol. The molecule has 19 heavy (non-hydrogen) atoms. The first-order valence-electron chi connectivity index (χ1n) is 5.18. The number of ether oxygens (including phenoxy) is 1. The van der Waals surface area contributed by atoms with E-state index in [1.165, 1.54) is 12.1 Å². The molecule has 0 spiro atoms. The molecule has 0 aliphatic carbocycles. The van der Waals surface area contributed by atoms with Gasteiger partial charge in [-0.2, -0.15) is 15.0 Å². The Morgan fingerprint density at radius 3 is 2.58 bits per heavy atom. The van der Waals surface area contributed by atoms with Crippen molar-refractivity contribution in [3.63, 3.8) is 0 Å². The van der Waals surface area contributed by atoms with Gasteiger partial charge in [-0.05, 0) is 23.7 Å². The van der Waals surface area contributed by atoms with Crippen LogP contribution >= 0.6 is 23.2 Å². The number of benzene rings is 1. The van der Waals surface area contributed by atoms with Crippen molar-refractivity contribution in [1.82, 2.24) is 15.0 Å². The summed E-state index contributed by atoms with van der Waals surface area (Å²) in [6.07, 6.45) is 0. The summed E-state index contributed by atoms with van der Waals surface area (Å²) in [5, 5.41) is -0.0957. The Bertz CT molecular complexity index is 609. The van der Waals surface area contributed by atoms with Crippen LogP contribution in [0.2, 0.25) is 10.3 Å². The lowest BCUT2D eigenvalue weighted by atomic mass is 10.3. The van der Waals surface area contributed by atoms with Gasteiger partial charge in [-0.1, -0.05) is 17.7 Å². The Kier molecular flexibility index (Phi) is 4.01. The van der Waals surface area contributed by atoms with E-state index in [-0.39, 0.29) is 22.1 Å². The molecule has 0 unspecified atom stereocenters. The first kappa shape index (κ1) is 13.8. The van der Waals surface area contributed by atoms with Crippen molar-refractivity contribution in [3.05, 3.63) is 34.3 Å². The summed E-state index contributed by atoms with van der Waals surface area (Å²) in [5.74, 6) is -0.469. The number of halogens is 3. The molecule has 0 bridgehead atoms. The van der Waals surface area contributed by atoms with Crippen molar-refractivity contribution >= 4 is 29.2 Å². The minimum atomic E-state index is -0.688. The molecule has 1 aromatic carbocycles. The molecule has 100 valence electrons. The number of nitrogens with zero attached hydrogens (tertiary/aromatic N) is 4. The average molecular weight is 303 g/mol. The fourth-order valence-corrected chi connectivity index (χ4v) is 1.54. The molecule has 0 N–H and O–H groups in total.